The first-order valence-corrected chi connectivity index (χ1v) is 7.85. The highest BCUT2D eigenvalue weighted by Gasteiger charge is 2.16. The first-order valence-electron chi connectivity index (χ1n) is 6.15. The summed E-state index contributed by atoms with van der Waals surface area (Å²) in [6.07, 6.45) is 3.71. The van der Waals surface area contributed by atoms with Gasteiger partial charge in [-0.3, -0.25) is 4.79 Å². The largest absolute Gasteiger partial charge is 0.367 e. The molecule has 0 atom stereocenters. The summed E-state index contributed by atoms with van der Waals surface area (Å²) < 4.78 is 0. The molecule has 3 heterocycles. The Bertz CT molecular complexity index is 699. The van der Waals surface area contributed by atoms with Crippen LogP contribution < -0.4 is 5.32 Å². The number of nitrogens with one attached hydrogen (secondary N) is 2. The number of aromatic nitrogens is 2. The van der Waals surface area contributed by atoms with E-state index in [9.17, 15) is 4.79 Å². The summed E-state index contributed by atoms with van der Waals surface area (Å²) in [5.74, 6) is -0.0657. The van der Waals surface area contributed by atoms with Gasteiger partial charge in [-0.15, -0.1) is 22.7 Å². The first-order chi connectivity index (χ1) is 9.74. The zero-order valence-electron chi connectivity index (χ0n) is 10.8. The van der Waals surface area contributed by atoms with Crippen LogP contribution in [0.4, 0.5) is 0 Å². The fourth-order valence-electron chi connectivity index (χ4n) is 1.84. The van der Waals surface area contributed by atoms with Gasteiger partial charge in [0.25, 0.3) is 5.91 Å². The van der Waals surface area contributed by atoms with Crippen LogP contribution in [-0.2, 0) is 6.54 Å². The number of hydrogen-bond acceptors (Lipinski definition) is 4. The molecular formula is C14H13N3OS2. The lowest BCUT2D eigenvalue weighted by atomic mass is 10.3. The van der Waals surface area contributed by atoms with Crippen molar-refractivity contribution >= 4 is 28.6 Å². The van der Waals surface area contributed by atoms with E-state index in [0.717, 1.165) is 21.1 Å². The maximum Gasteiger partial charge on any atom is 0.263 e. The van der Waals surface area contributed by atoms with Crippen molar-refractivity contribution in [1.29, 1.82) is 0 Å². The van der Waals surface area contributed by atoms with Crippen LogP contribution in [0.1, 0.15) is 20.9 Å². The third kappa shape index (κ3) is 2.66. The second-order valence-electron chi connectivity index (χ2n) is 4.31. The van der Waals surface area contributed by atoms with Crippen LogP contribution in [0, 0.1) is 6.92 Å². The van der Waals surface area contributed by atoms with Gasteiger partial charge in [0.05, 0.1) is 10.6 Å². The van der Waals surface area contributed by atoms with E-state index < -0.39 is 0 Å². The van der Waals surface area contributed by atoms with Crippen molar-refractivity contribution < 1.29 is 4.79 Å². The molecule has 3 aromatic rings. The van der Waals surface area contributed by atoms with Crippen molar-refractivity contribution in [2.45, 2.75) is 13.5 Å². The summed E-state index contributed by atoms with van der Waals surface area (Å²) in [6.45, 7) is 2.40. The summed E-state index contributed by atoms with van der Waals surface area (Å²) in [5, 5.41) is 5.83. The first kappa shape index (κ1) is 13.1. The molecule has 102 valence electrons. The van der Waals surface area contributed by atoms with Gasteiger partial charge in [0.1, 0.15) is 9.88 Å². The summed E-state index contributed by atoms with van der Waals surface area (Å²) >= 11 is 3.08. The molecule has 20 heavy (non-hydrogen) atoms. The molecule has 4 nitrogen and oxygen atoms in total. The molecule has 0 aliphatic rings. The second kappa shape index (κ2) is 5.60. The number of aryl methyl sites for hydroxylation is 1. The van der Waals surface area contributed by atoms with Gasteiger partial charge >= 0.3 is 0 Å². The maximum atomic E-state index is 12.2. The predicted molar refractivity (Wildman–Crippen MR) is 82.1 cm³/mol. The van der Waals surface area contributed by atoms with Crippen LogP contribution in [0.25, 0.3) is 9.88 Å². The molecule has 0 saturated carbocycles. The molecule has 0 aliphatic heterocycles. The molecule has 1 amide bonds. The fourth-order valence-corrected chi connectivity index (χ4v) is 3.62. The Kier molecular flexibility index (Phi) is 3.66. The summed E-state index contributed by atoms with van der Waals surface area (Å²) in [4.78, 5) is 21.4. The lowest BCUT2D eigenvalue weighted by molar-refractivity contribution is 0.0954. The number of thiazole rings is 1. The number of aromatic amines is 1. The highest BCUT2D eigenvalue weighted by atomic mass is 32.1. The van der Waals surface area contributed by atoms with Gasteiger partial charge in [-0.25, -0.2) is 4.98 Å². The number of carbonyl (C=O) groups is 1. The normalized spacial score (nSPS) is 10.7. The molecule has 0 saturated heterocycles. The quantitative estimate of drug-likeness (QED) is 0.775. The summed E-state index contributed by atoms with van der Waals surface area (Å²) in [5.41, 5.74) is 1.84. The minimum Gasteiger partial charge on any atom is -0.367 e. The van der Waals surface area contributed by atoms with Crippen molar-refractivity contribution in [1.82, 2.24) is 15.3 Å². The Hall–Kier alpha value is -1.92. The topological polar surface area (TPSA) is 57.8 Å². The van der Waals surface area contributed by atoms with Gasteiger partial charge in [0.15, 0.2) is 0 Å². The van der Waals surface area contributed by atoms with Gasteiger partial charge in [0, 0.05) is 18.9 Å². The number of rotatable bonds is 4. The highest BCUT2D eigenvalue weighted by Crippen LogP contribution is 2.30. The van der Waals surface area contributed by atoms with Crippen LogP contribution in [0.15, 0.2) is 36.0 Å². The van der Waals surface area contributed by atoms with E-state index in [4.69, 9.17) is 0 Å². The standard InChI is InChI=1S/C14H13N3OS2/c1-9-12(13(18)16-8-10-4-5-15-7-10)20-14(17-9)11-3-2-6-19-11/h2-7,15H,8H2,1H3,(H,16,18). The van der Waals surface area contributed by atoms with E-state index in [1.54, 1.807) is 11.3 Å². The van der Waals surface area contributed by atoms with Gasteiger partial charge in [0.2, 0.25) is 0 Å². The van der Waals surface area contributed by atoms with Gasteiger partial charge in [-0.1, -0.05) is 6.07 Å². The fraction of sp³-hybridized carbons (Fsp3) is 0.143. The third-order valence-electron chi connectivity index (χ3n) is 2.85. The van der Waals surface area contributed by atoms with Crippen molar-refractivity contribution in [2.75, 3.05) is 0 Å². The number of hydrogen-bond donors (Lipinski definition) is 2. The smallest absolute Gasteiger partial charge is 0.263 e. The molecule has 0 aliphatic carbocycles. The Labute approximate surface area is 124 Å². The highest BCUT2D eigenvalue weighted by molar-refractivity contribution is 7.22. The van der Waals surface area contributed by atoms with E-state index >= 15 is 0 Å². The lowest BCUT2D eigenvalue weighted by Gasteiger charge is -2.01. The number of nitrogens with zero attached hydrogens (tertiary/aromatic N) is 1. The van der Waals surface area contributed by atoms with Crippen molar-refractivity contribution in [3.05, 3.63) is 52.1 Å². The summed E-state index contributed by atoms with van der Waals surface area (Å²) in [6, 6.07) is 5.95. The van der Waals surface area contributed by atoms with Crippen LogP contribution in [0.3, 0.4) is 0 Å². The van der Waals surface area contributed by atoms with Crippen LogP contribution in [0.2, 0.25) is 0 Å². The molecule has 6 heteroatoms. The molecule has 0 unspecified atom stereocenters. The Morgan fingerprint density at radius 2 is 2.35 bits per heavy atom. The number of H-pyrrole nitrogens is 1. The summed E-state index contributed by atoms with van der Waals surface area (Å²) in [7, 11) is 0. The van der Waals surface area contributed by atoms with Crippen molar-refractivity contribution in [2.24, 2.45) is 0 Å². The monoisotopic (exact) mass is 303 g/mol. The van der Waals surface area contributed by atoms with E-state index in [2.05, 4.69) is 15.3 Å². The Morgan fingerprint density at radius 3 is 3.05 bits per heavy atom. The Balaban J connectivity index is 1.75. The van der Waals surface area contributed by atoms with E-state index in [-0.39, 0.29) is 5.91 Å². The second-order valence-corrected chi connectivity index (χ2v) is 6.26. The SMILES string of the molecule is Cc1nc(-c2cccs2)sc1C(=O)NCc1cc[nH]c1. The van der Waals surface area contributed by atoms with Crippen molar-refractivity contribution in [3.63, 3.8) is 0 Å². The number of thiophene rings is 1. The molecule has 0 fully saturated rings. The molecule has 0 bridgehead atoms. The molecule has 0 spiro atoms. The minimum absolute atomic E-state index is 0.0657. The van der Waals surface area contributed by atoms with Crippen LogP contribution >= 0.6 is 22.7 Å². The van der Waals surface area contributed by atoms with E-state index in [1.165, 1.54) is 11.3 Å². The van der Waals surface area contributed by atoms with Gasteiger partial charge in [-0.2, -0.15) is 0 Å². The van der Waals surface area contributed by atoms with Gasteiger partial charge < -0.3 is 10.3 Å². The van der Waals surface area contributed by atoms with E-state index in [1.807, 2.05) is 42.9 Å². The maximum absolute atomic E-state index is 12.2. The minimum atomic E-state index is -0.0657. The van der Waals surface area contributed by atoms with Crippen LogP contribution in [-0.4, -0.2) is 15.9 Å². The number of carbonyl (C=O) groups excluding carboxylic acids is 1. The average Bonchev–Trinajstić information content (AvgIpc) is 3.17. The average molecular weight is 303 g/mol. The molecule has 3 aromatic heterocycles. The predicted octanol–water partition coefficient (Wildman–Crippen LogP) is 3.44. The molecule has 0 radical (unpaired) electrons. The number of amides is 1. The third-order valence-corrected chi connectivity index (χ3v) is 5.05. The van der Waals surface area contributed by atoms with Crippen molar-refractivity contribution in [3.8, 4) is 9.88 Å². The zero-order chi connectivity index (χ0) is 13.9. The molecule has 2 N–H and O–H groups in total. The van der Waals surface area contributed by atoms with E-state index in [0.29, 0.717) is 11.4 Å². The lowest BCUT2D eigenvalue weighted by Crippen LogP contribution is -2.22. The molecular weight excluding hydrogens is 290 g/mol. The molecule has 3 rings (SSSR count). The molecule has 0 aromatic carbocycles. The van der Waals surface area contributed by atoms with Gasteiger partial charge in [-0.05, 0) is 30.0 Å². The Morgan fingerprint density at radius 1 is 1.45 bits per heavy atom. The van der Waals surface area contributed by atoms with Crippen LogP contribution in [0.5, 0.6) is 0 Å². The zero-order valence-corrected chi connectivity index (χ0v) is 12.5.